The van der Waals surface area contributed by atoms with Crippen molar-refractivity contribution in [1.82, 2.24) is 9.80 Å². The molecule has 0 aromatic heterocycles. The molecule has 1 aromatic rings. The van der Waals surface area contributed by atoms with E-state index in [9.17, 15) is 14.4 Å². The maximum atomic E-state index is 13.2. The highest BCUT2D eigenvalue weighted by Gasteiger charge is 2.63. The number of fused-ring (bicyclic) bond motifs is 4. The van der Waals surface area contributed by atoms with Crippen molar-refractivity contribution < 1.29 is 14.4 Å². The van der Waals surface area contributed by atoms with Gasteiger partial charge in [-0.3, -0.25) is 19.4 Å². The number of piperidine rings is 1. The average molecular weight is 342 g/mol. The number of carbonyl (C=O) groups excluding carboxylic acids is 3. The van der Waals surface area contributed by atoms with Crippen LogP contribution in [0.25, 0.3) is 0 Å². The molecule has 3 aliphatic rings. The van der Waals surface area contributed by atoms with E-state index in [1.807, 2.05) is 18.2 Å². The Kier molecular flexibility index (Phi) is 3.32. The Morgan fingerprint density at radius 2 is 1.76 bits per heavy atom. The third-order valence-corrected chi connectivity index (χ3v) is 5.90. The molecule has 3 heterocycles. The molecule has 0 radical (unpaired) electrons. The molecule has 1 unspecified atom stereocenters. The zero-order valence-corrected chi connectivity index (χ0v) is 14.5. The van der Waals surface area contributed by atoms with Crippen molar-refractivity contribution in [3.63, 3.8) is 0 Å². The van der Waals surface area contributed by atoms with Crippen LogP contribution >= 0.6 is 0 Å². The quantitative estimate of drug-likeness (QED) is 0.566. The summed E-state index contributed by atoms with van der Waals surface area (Å²) < 4.78 is 0. The molecule has 25 heavy (non-hydrogen) atoms. The minimum Gasteiger partial charge on any atom is -0.399 e. The number of carbonyl (C=O) groups is 3. The summed E-state index contributed by atoms with van der Waals surface area (Å²) in [4.78, 5) is 43.0. The molecule has 1 atom stereocenters. The van der Waals surface area contributed by atoms with Gasteiger partial charge in [-0.1, -0.05) is 0 Å². The Bertz CT molecular complexity index is 767. The number of urea groups is 1. The van der Waals surface area contributed by atoms with Crippen LogP contribution in [0.5, 0.6) is 0 Å². The molecular weight excluding hydrogens is 320 g/mol. The van der Waals surface area contributed by atoms with Crippen molar-refractivity contribution >= 4 is 29.2 Å². The highest BCUT2D eigenvalue weighted by atomic mass is 16.2. The molecule has 132 valence electrons. The van der Waals surface area contributed by atoms with Gasteiger partial charge in [-0.25, -0.2) is 4.79 Å². The van der Waals surface area contributed by atoms with Gasteiger partial charge < -0.3 is 10.6 Å². The second kappa shape index (κ2) is 5.21. The second-order valence-corrected chi connectivity index (χ2v) is 7.25. The molecule has 2 saturated heterocycles. The lowest BCUT2D eigenvalue weighted by atomic mass is 9.66. The predicted molar refractivity (Wildman–Crippen MR) is 92.9 cm³/mol. The number of imide groups is 2. The highest BCUT2D eigenvalue weighted by Crippen LogP contribution is 2.48. The molecule has 1 aromatic carbocycles. The van der Waals surface area contributed by atoms with Crippen LogP contribution in [0.3, 0.4) is 0 Å². The number of barbiturate groups is 1. The van der Waals surface area contributed by atoms with E-state index in [0.717, 1.165) is 46.9 Å². The Morgan fingerprint density at radius 3 is 2.44 bits per heavy atom. The largest absolute Gasteiger partial charge is 0.399 e. The summed E-state index contributed by atoms with van der Waals surface area (Å²) in [5.74, 6) is -0.795. The molecule has 0 saturated carbocycles. The average Bonchev–Trinajstić information content (AvgIpc) is 2.63. The fourth-order valence-electron chi connectivity index (χ4n) is 4.70. The lowest BCUT2D eigenvalue weighted by Crippen LogP contribution is -2.72. The van der Waals surface area contributed by atoms with Gasteiger partial charge in [0.2, 0.25) is 11.8 Å². The van der Waals surface area contributed by atoms with E-state index in [-0.39, 0.29) is 12.5 Å². The summed E-state index contributed by atoms with van der Waals surface area (Å²) in [6, 6.07) is 4.89. The molecule has 0 aliphatic carbocycles. The zero-order valence-electron chi connectivity index (χ0n) is 14.5. The molecule has 4 amide bonds. The van der Waals surface area contributed by atoms with Crippen LogP contribution in [-0.4, -0.2) is 54.3 Å². The number of nitrogens with two attached hydrogens (primary N) is 1. The van der Waals surface area contributed by atoms with Gasteiger partial charge in [-0.05, 0) is 49.4 Å². The molecular formula is C18H22N4O3. The first-order valence-corrected chi connectivity index (χ1v) is 8.63. The van der Waals surface area contributed by atoms with E-state index in [2.05, 4.69) is 4.90 Å². The maximum absolute atomic E-state index is 13.2. The van der Waals surface area contributed by atoms with Crippen LogP contribution in [0, 0.1) is 5.41 Å². The summed E-state index contributed by atoms with van der Waals surface area (Å²) in [5.41, 5.74) is 7.26. The fraction of sp³-hybridized carbons (Fsp3) is 0.500. The summed E-state index contributed by atoms with van der Waals surface area (Å²) in [5, 5.41) is 0. The Balaban J connectivity index is 1.92. The van der Waals surface area contributed by atoms with Gasteiger partial charge in [-0.2, -0.15) is 0 Å². The Morgan fingerprint density at radius 1 is 1.08 bits per heavy atom. The number of hydrogen-bond donors (Lipinski definition) is 1. The zero-order chi connectivity index (χ0) is 17.9. The summed E-state index contributed by atoms with van der Waals surface area (Å²) in [7, 11) is 2.91. The first kappa shape index (κ1) is 15.9. The van der Waals surface area contributed by atoms with E-state index >= 15 is 0 Å². The third kappa shape index (κ3) is 1.95. The molecule has 2 fully saturated rings. The van der Waals surface area contributed by atoms with Gasteiger partial charge in [0.25, 0.3) is 0 Å². The van der Waals surface area contributed by atoms with E-state index in [1.165, 1.54) is 14.1 Å². The Labute approximate surface area is 146 Å². The van der Waals surface area contributed by atoms with Crippen molar-refractivity contribution in [2.45, 2.75) is 31.7 Å². The molecule has 2 N–H and O–H groups in total. The second-order valence-electron chi connectivity index (χ2n) is 7.25. The molecule has 0 bridgehead atoms. The number of nitrogen functional groups attached to an aromatic ring is 1. The van der Waals surface area contributed by atoms with Crippen LogP contribution in [-0.2, 0) is 16.0 Å². The highest BCUT2D eigenvalue weighted by molar-refractivity contribution is 6.20. The topological polar surface area (TPSA) is 86.9 Å². The van der Waals surface area contributed by atoms with Crippen LogP contribution < -0.4 is 10.6 Å². The van der Waals surface area contributed by atoms with Crippen molar-refractivity contribution in [2.24, 2.45) is 5.41 Å². The lowest BCUT2D eigenvalue weighted by molar-refractivity contribution is -0.159. The molecule has 7 heteroatoms. The number of amides is 4. The fourth-order valence-corrected chi connectivity index (χ4v) is 4.70. The molecule has 7 nitrogen and oxygen atoms in total. The summed E-state index contributed by atoms with van der Waals surface area (Å²) in [6.07, 6.45) is 3.03. The normalized spacial score (nSPS) is 25.3. The third-order valence-electron chi connectivity index (χ3n) is 5.90. The van der Waals surface area contributed by atoms with Gasteiger partial charge in [0, 0.05) is 32.0 Å². The molecule has 1 spiro atoms. The molecule has 3 aliphatic heterocycles. The van der Waals surface area contributed by atoms with E-state index in [1.54, 1.807) is 0 Å². The van der Waals surface area contributed by atoms with E-state index in [0.29, 0.717) is 5.69 Å². The SMILES string of the molecule is CN1C(=O)N(C)C(=O)C2(Cc3cc(N)ccc3N3CCCCC32)C1=O. The van der Waals surface area contributed by atoms with Crippen LogP contribution in [0.1, 0.15) is 24.8 Å². The number of anilines is 2. The number of benzene rings is 1. The van der Waals surface area contributed by atoms with Crippen molar-refractivity contribution in [2.75, 3.05) is 31.3 Å². The van der Waals surface area contributed by atoms with Gasteiger partial charge in [0.05, 0.1) is 6.04 Å². The van der Waals surface area contributed by atoms with E-state index in [4.69, 9.17) is 5.73 Å². The standard InChI is InChI=1S/C18H22N4O3/c1-20-15(23)18(16(24)21(2)17(20)25)10-11-9-12(19)6-7-13(11)22-8-4-3-5-14(18)22/h6-7,9,14H,3-5,8,10,19H2,1-2H3. The van der Waals surface area contributed by atoms with Crippen LogP contribution in [0.4, 0.5) is 16.2 Å². The number of nitrogens with zero attached hydrogens (tertiary/aromatic N) is 3. The predicted octanol–water partition coefficient (Wildman–Crippen LogP) is 1.22. The van der Waals surface area contributed by atoms with Crippen molar-refractivity contribution in [1.29, 1.82) is 0 Å². The smallest absolute Gasteiger partial charge is 0.332 e. The van der Waals surface area contributed by atoms with E-state index < -0.39 is 23.3 Å². The first-order chi connectivity index (χ1) is 11.9. The summed E-state index contributed by atoms with van der Waals surface area (Å²) in [6.45, 7) is 0.797. The van der Waals surface area contributed by atoms with Crippen molar-refractivity contribution in [3.8, 4) is 0 Å². The van der Waals surface area contributed by atoms with Gasteiger partial charge >= 0.3 is 6.03 Å². The minimum absolute atomic E-state index is 0.227. The Hall–Kier alpha value is -2.57. The van der Waals surface area contributed by atoms with Gasteiger partial charge in [0.1, 0.15) is 0 Å². The van der Waals surface area contributed by atoms with Gasteiger partial charge in [0.15, 0.2) is 5.41 Å². The minimum atomic E-state index is -1.25. The number of hydrogen-bond acceptors (Lipinski definition) is 5. The van der Waals surface area contributed by atoms with Gasteiger partial charge in [-0.15, -0.1) is 0 Å². The lowest BCUT2D eigenvalue weighted by Gasteiger charge is -2.54. The maximum Gasteiger partial charge on any atom is 0.332 e. The van der Waals surface area contributed by atoms with Crippen LogP contribution in [0.2, 0.25) is 0 Å². The first-order valence-electron chi connectivity index (χ1n) is 8.63. The van der Waals surface area contributed by atoms with Crippen LogP contribution in [0.15, 0.2) is 18.2 Å². The molecule has 4 rings (SSSR count). The summed E-state index contributed by atoms with van der Waals surface area (Å²) >= 11 is 0. The van der Waals surface area contributed by atoms with Crippen molar-refractivity contribution in [3.05, 3.63) is 23.8 Å². The number of rotatable bonds is 0. The monoisotopic (exact) mass is 342 g/mol.